The molecule has 0 spiro atoms. The van der Waals surface area contributed by atoms with Crippen LogP contribution in [0.15, 0.2) is 53.3 Å². The summed E-state index contributed by atoms with van der Waals surface area (Å²) < 4.78 is 1.38. The van der Waals surface area contributed by atoms with Crippen molar-refractivity contribution in [1.29, 1.82) is 0 Å². The molecule has 0 bridgehead atoms. The van der Waals surface area contributed by atoms with E-state index in [0.717, 1.165) is 11.3 Å². The van der Waals surface area contributed by atoms with Crippen molar-refractivity contribution in [2.75, 3.05) is 5.32 Å². The summed E-state index contributed by atoms with van der Waals surface area (Å²) in [5, 5.41) is 8.73. The molecule has 3 aromatic rings. The zero-order chi connectivity index (χ0) is 16.2. The molecule has 2 N–H and O–H groups in total. The van der Waals surface area contributed by atoms with Crippen LogP contribution < -0.4 is 11.0 Å². The van der Waals surface area contributed by atoms with E-state index in [4.69, 9.17) is 23.2 Å². The molecule has 0 amide bonds. The van der Waals surface area contributed by atoms with Gasteiger partial charge in [0.05, 0.1) is 13.1 Å². The van der Waals surface area contributed by atoms with Crippen LogP contribution in [0.4, 0.5) is 5.69 Å². The molecule has 5 nitrogen and oxygen atoms in total. The first-order chi connectivity index (χ1) is 11.1. The highest BCUT2D eigenvalue weighted by molar-refractivity contribution is 6.31. The van der Waals surface area contributed by atoms with E-state index < -0.39 is 0 Å². The topological polar surface area (TPSA) is 62.7 Å². The van der Waals surface area contributed by atoms with Gasteiger partial charge in [-0.25, -0.2) is 9.48 Å². The molecule has 1 heterocycles. The third-order valence-corrected chi connectivity index (χ3v) is 3.70. The van der Waals surface area contributed by atoms with Crippen molar-refractivity contribution in [1.82, 2.24) is 14.8 Å². The minimum atomic E-state index is -0.257. The average molecular weight is 349 g/mol. The number of halogens is 2. The molecule has 0 saturated heterocycles. The Morgan fingerprint density at radius 2 is 1.83 bits per heavy atom. The van der Waals surface area contributed by atoms with E-state index in [9.17, 15) is 4.79 Å². The lowest BCUT2D eigenvalue weighted by Gasteiger charge is -2.04. The first kappa shape index (κ1) is 15.6. The van der Waals surface area contributed by atoms with Gasteiger partial charge in [0.2, 0.25) is 0 Å². The highest BCUT2D eigenvalue weighted by atomic mass is 35.5. The van der Waals surface area contributed by atoms with Crippen molar-refractivity contribution in [2.24, 2.45) is 0 Å². The van der Waals surface area contributed by atoms with E-state index in [1.165, 1.54) is 4.68 Å². The van der Waals surface area contributed by atoms with Gasteiger partial charge in [0, 0.05) is 15.7 Å². The fourth-order valence-corrected chi connectivity index (χ4v) is 2.59. The standard InChI is InChI=1S/C16H14Cl2N4O/c17-12-4-1-3-11(7-12)10-22-16(23)20-15(21-22)9-19-14-6-2-5-13(18)8-14/h1-8,19H,9-10H2,(H,20,21,23). The Morgan fingerprint density at radius 3 is 2.57 bits per heavy atom. The van der Waals surface area contributed by atoms with Gasteiger partial charge >= 0.3 is 5.69 Å². The second-order valence-corrected chi connectivity index (χ2v) is 5.90. The second-order valence-electron chi connectivity index (χ2n) is 5.03. The smallest absolute Gasteiger partial charge is 0.343 e. The number of H-pyrrole nitrogens is 1. The number of aromatic amines is 1. The molecule has 0 radical (unpaired) electrons. The maximum absolute atomic E-state index is 12.0. The maximum Gasteiger partial charge on any atom is 0.343 e. The number of anilines is 1. The number of nitrogens with one attached hydrogen (secondary N) is 2. The summed E-state index contributed by atoms with van der Waals surface area (Å²) in [7, 11) is 0. The largest absolute Gasteiger partial charge is 0.378 e. The van der Waals surface area contributed by atoms with Crippen LogP contribution in [-0.4, -0.2) is 14.8 Å². The lowest BCUT2D eigenvalue weighted by atomic mass is 10.2. The summed E-state index contributed by atoms with van der Waals surface area (Å²) in [5.74, 6) is 0.553. The molecule has 0 unspecified atom stereocenters. The van der Waals surface area contributed by atoms with Gasteiger partial charge in [0.25, 0.3) is 0 Å². The fraction of sp³-hybridized carbons (Fsp3) is 0.125. The molecule has 0 aliphatic heterocycles. The molecule has 0 fully saturated rings. The van der Waals surface area contributed by atoms with Gasteiger partial charge in [-0.3, -0.25) is 4.98 Å². The van der Waals surface area contributed by atoms with Crippen LogP contribution in [0.25, 0.3) is 0 Å². The number of benzene rings is 2. The molecule has 3 rings (SSSR count). The van der Waals surface area contributed by atoms with Crippen LogP contribution in [0.1, 0.15) is 11.4 Å². The molecule has 7 heteroatoms. The van der Waals surface area contributed by atoms with Crippen LogP contribution in [0.5, 0.6) is 0 Å². The minimum Gasteiger partial charge on any atom is -0.378 e. The number of hydrogen-bond acceptors (Lipinski definition) is 3. The summed E-state index contributed by atoms with van der Waals surface area (Å²) in [6.07, 6.45) is 0. The fourth-order valence-electron chi connectivity index (χ4n) is 2.18. The number of nitrogens with zero attached hydrogens (tertiary/aromatic N) is 2. The van der Waals surface area contributed by atoms with Gasteiger partial charge in [0.1, 0.15) is 5.82 Å². The molecular weight excluding hydrogens is 335 g/mol. The van der Waals surface area contributed by atoms with E-state index in [1.807, 2.05) is 36.4 Å². The molecule has 1 aromatic heterocycles. The first-order valence-corrected chi connectivity index (χ1v) is 7.75. The van der Waals surface area contributed by atoms with Gasteiger partial charge < -0.3 is 5.32 Å². The van der Waals surface area contributed by atoms with Crippen LogP contribution in [0.2, 0.25) is 10.0 Å². The van der Waals surface area contributed by atoms with Crippen LogP contribution in [0, 0.1) is 0 Å². The van der Waals surface area contributed by atoms with Gasteiger partial charge in [-0.1, -0.05) is 41.4 Å². The number of rotatable bonds is 5. The Balaban J connectivity index is 1.70. The predicted molar refractivity (Wildman–Crippen MR) is 92.2 cm³/mol. The molecule has 23 heavy (non-hydrogen) atoms. The summed E-state index contributed by atoms with van der Waals surface area (Å²) in [4.78, 5) is 14.7. The Hall–Kier alpha value is -2.24. The monoisotopic (exact) mass is 348 g/mol. The third kappa shape index (κ3) is 4.15. The van der Waals surface area contributed by atoms with Gasteiger partial charge in [-0.15, -0.1) is 0 Å². The van der Waals surface area contributed by atoms with Crippen molar-refractivity contribution in [3.05, 3.63) is 80.4 Å². The van der Waals surface area contributed by atoms with Crippen molar-refractivity contribution in [2.45, 2.75) is 13.1 Å². The molecule has 0 aliphatic rings. The molecule has 118 valence electrons. The molecule has 0 saturated carbocycles. The quantitative estimate of drug-likeness (QED) is 0.741. The highest BCUT2D eigenvalue weighted by Gasteiger charge is 2.06. The van der Waals surface area contributed by atoms with Crippen LogP contribution >= 0.6 is 23.2 Å². The van der Waals surface area contributed by atoms with Gasteiger partial charge in [-0.05, 0) is 35.9 Å². The van der Waals surface area contributed by atoms with E-state index in [-0.39, 0.29) is 5.69 Å². The SMILES string of the molecule is O=c1[nH]c(CNc2cccc(Cl)c2)nn1Cc1cccc(Cl)c1. The van der Waals surface area contributed by atoms with Crippen LogP contribution in [0.3, 0.4) is 0 Å². The van der Waals surface area contributed by atoms with E-state index >= 15 is 0 Å². The zero-order valence-corrected chi connectivity index (χ0v) is 13.6. The third-order valence-electron chi connectivity index (χ3n) is 3.23. The maximum atomic E-state index is 12.0. The van der Waals surface area contributed by atoms with Gasteiger partial charge in [0.15, 0.2) is 0 Å². The molecular formula is C16H14Cl2N4O. The van der Waals surface area contributed by atoms with E-state index in [0.29, 0.717) is 29.0 Å². The molecule has 2 aromatic carbocycles. The molecule has 0 aliphatic carbocycles. The van der Waals surface area contributed by atoms with Crippen molar-refractivity contribution in [3.63, 3.8) is 0 Å². The lowest BCUT2D eigenvalue weighted by Crippen LogP contribution is -2.18. The highest BCUT2D eigenvalue weighted by Crippen LogP contribution is 2.15. The summed E-state index contributed by atoms with van der Waals surface area (Å²) >= 11 is 11.9. The van der Waals surface area contributed by atoms with E-state index in [2.05, 4.69) is 15.4 Å². The van der Waals surface area contributed by atoms with Crippen molar-refractivity contribution in [3.8, 4) is 0 Å². The first-order valence-electron chi connectivity index (χ1n) is 7.00. The zero-order valence-electron chi connectivity index (χ0n) is 12.1. The Kier molecular flexibility index (Phi) is 4.69. The lowest BCUT2D eigenvalue weighted by molar-refractivity contribution is 0.651. The summed E-state index contributed by atoms with van der Waals surface area (Å²) in [5.41, 5.74) is 1.52. The minimum absolute atomic E-state index is 0.257. The predicted octanol–water partition coefficient (Wildman–Crippen LogP) is 3.54. The normalized spacial score (nSPS) is 10.7. The van der Waals surface area contributed by atoms with E-state index in [1.54, 1.807) is 12.1 Å². The van der Waals surface area contributed by atoms with Crippen molar-refractivity contribution < 1.29 is 0 Å². The number of aromatic nitrogens is 3. The Morgan fingerprint density at radius 1 is 1.09 bits per heavy atom. The van der Waals surface area contributed by atoms with Gasteiger partial charge in [-0.2, -0.15) is 5.10 Å². The van der Waals surface area contributed by atoms with Crippen LogP contribution in [-0.2, 0) is 13.1 Å². The number of hydrogen-bond donors (Lipinski definition) is 2. The summed E-state index contributed by atoms with van der Waals surface area (Å²) in [6.45, 7) is 0.769. The van der Waals surface area contributed by atoms with Crippen molar-refractivity contribution >= 4 is 28.9 Å². The average Bonchev–Trinajstić information content (AvgIpc) is 2.86. The Bertz CT molecular complexity index is 872. The molecule has 0 atom stereocenters. The second kappa shape index (κ2) is 6.89. The Labute approximate surface area is 142 Å². The summed E-state index contributed by atoms with van der Waals surface area (Å²) in [6, 6.07) is 14.7.